The number of methoxy groups -OCH3 is 2. The maximum atomic E-state index is 11.9. The molecule has 1 aromatic carbocycles. The molecule has 0 atom stereocenters. The summed E-state index contributed by atoms with van der Waals surface area (Å²) in [6.07, 6.45) is 7.16. The first-order valence-electron chi connectivity index (χ1n) is 9.85. The molecule has 2 saturated carbocycles. The SMILES string of the molecule is COC(=O)c1ccc(OC)c(Nc2cc(C3CC3)nc(NC3CCCC3)n2)c1. The number of nitrogens with zero attached hydrogens (tertiary/aromatic N) is 2. The highest BCUT2D eigenvalue weighted by Crippen LogP contribution is 2.40. The standard InChI is InChI=1S/C21H26N4O3/c1-27-18-10-9-14(20(26)28-2)11-17(18)23-19-12-16(13-7-8-13)24-21(25-19)22-15-5-3-4-6-15/h9-13,15H,3-8H2,1-2H3,(H2,22,23,24,25). The van der Waals surface area contributed by atoms with Gasteiger partial charge in [0.15, 0.2) is 0 Å². The largest absolute Gasteiger partial charge is 0.495 e. The minimum Gasteiger partial charge on any atom is -0.495 e. The summed E-state index contributed by atoms with van der Waals surface area (Å²) >= 11 is 0. The average Bonchev–Trinajstić information content (AvgIpc) is 3.45. The first-order valence-corrected chi connectivity index (χ1v) is 9.85. The highest BCUT2D eigenvalue weighted by atomic mass is 16.5. The molecule has 7 heteroatoms. The lowest BCUT2D eigenvalue weighted by Crippen LogP contribution is -2.17. The van der Waals surface area contributed by atoms with Gasteiger partial charge >= 0.3 is 5.97 Å². The van der Waals surface area contributed by atoms with Crippen molar-refractivity contribution in [1.29, 1.82) is 0 Å². The second-order valence-corrected chi connectivity index (χ2v) is 7.43. The van der Waals surface area contributed by atoms with Crippen LogP contribution in [0.2, 0.25) is 0 Å². The van der Waals surface area contributed by atoms with Crippen LogP contribution in [0.1, 0.15) is 60.5 Å². The number of esters is 1. The van der Waals surface area contributed by atoms with E-state index in [9.17, 15) is 4.79 Å². The Morgan fingerprint density at radius 2 is 1.86 bits per heavy atom. The average molecular weight is 382 g/mol. The van der Waals surface area contributed by atoms with Gasteiger partial charge in [-0.2, -0.15) is 4.98 Å². The predicted octanol–water partition coefficient (Wildman–Crippen LogP) is 4.25. The monoisotopic (exact) mass is 382 g/mol. The summed E-state index contributed by atoms with van der Waals surface area (Å²) in [5.74, 6) is 2.11. The number of carbonyl (C=O) groups is 1. The molecule has 2 fully saturated rings. The lowest BCUT2D eigenvalue weighted by atomic mass is 10.2. The van der Waals surface area contributed by atoms with Crippen molar-refractivity contribution in [2.45, 2.75) is 50.5 Å². The third kappa shape index (κ3) is 4.18. The maximum absolute atomic E-state index is 11.9. The molecular weight excluding hydrogens is 356 g/mol. The lowest BCUT2D eigenvalue weighted by Gasteiger charge is -2.16. The molecule has 4 rings (SSSR count). The first-order chi connectivity index (χ1) is 13.7. The van der Waals surface area contributed by atoms with Crippen LogP contribution in [-0.4, -0.2) is 36.2 Å². The van der Waals surface area contributed by atoms with E-state index in [2.05, 4.69) is 15.6 Å². The molecule has 7 nitrogen and oxygen atoms in total. The van der Waals surface area contributed by atoms with Gasteiger partial charge in [0.25, 0.3) is 0 Å². The van der Waals surface area contributed by atoms with Gasteiger partial charge in [0, 0.05) is 18.0 Å². The fourth-order valence-electron chi connectivity index (χ4n) is 3.62. The summed E-state index contributed by atoms with van der Waals surface area (Å²) in [6.45, 7) is 0. The third-order valence-electron chi connectivity index (χ3n) is 5.31. The predicted molar refractivity (Wildman–Crippen MR) is 108 cm³/mol. The number of rotatable bonds is 7. The Balaban J connectivity index is 1.63. The topological polar surface area (TPSA) is 85.4 Å². The summed E-state index contributed by atoms with van der Waals surface area (Å²) in [5, 5.41) is 6.80. The fourth-order valence-corrected chi connectivity index (χ4v) is 3.62. The van der Waals surface area contributed by atoms with Crippen LogP contribution < -0.4 is 15.4 Å². The Morgan fingerprint density at radius 1 is 1.07 bits per heavy atom. The van der Waals surface area contributed by atoms with E-state index in [4.69, 9.17) is 14.5 Å². The molecule has 0 radical (unpaired) electrons. The van der Waals surface area contributed by atoms with E-state index in [1.165, 1.54) is 32.8 Å². The molecule has 0 amide bonds. The van der Waals surface area contributed by atoms with Gasteiger partial charge in [0.1, 0.15) is 11.6 Å². The minimum absolute atomic E-state index is 0.393. The van der Waals surface area contributed by atoms with Crippen molar-refractivity contribution in [3.63, 3.8) is 0 Å². The van der Waals surface area contributed by atoms with Crippen molar-refractivity contribution in [2.75, 3.05) is 24.9 Å². The van der Waals surface area contributed by atoms with Crippen molar-refractivity contribution in [1.82, 2.24) is 9.97 Å². The van der Waals surface area contributed by atoms with Gasteiger partial charge in [-0.05, 0) is 43.9 Å². The highest BCUT2D eigenvalue weighted by Gasteiger charge is 2.27. The van der Waals surface area contributed by atoms with E-state index in [0.29, 0.717) is 40.7 Å². The molecule has 0 aliphatic heterocycles. The zero-order chi connectivity index (χ0) is 19.5. The summed E-state index contributed by atoms with van der Waals surface area (Å²) in [5.41, 5.74) is 2.17. The number of ether oxygens (including phenoxy) is 2. The van der Waals surface area contributed by atoms with E-state index < -0.39 is 5.97 Å². The Hall–Kier alpha value is -2.83. The zero-order valence-corrected chi connectivity index (χ0v) is 16.3. The maximum Gasteiger partial charge on any atom is 0.337 e. The summed E-state index contributed by atoms with van der Waals surface area (Å²) in [6, 6.07) is 7.57. The number of hydrogen-bond donors (Lipinski definition) is 2. The number of anilines is 3. The number of aromatic nitrogens is 2. The van der Waals surface area contributed by atoms with Crippen LogP contribution in [0.3, 0.4) is 0 Å². The van der Waals surface area contributed by atoms with Gasteiger partial charge in [0.05, 0.1) is 31.2 Å². The van der Waals surface area contributed by atoms with Crippen LogP contribution >= 0.6 is 0 Å². The summed E-state index contributed by atoms with van der Waals surface area (Å²) in [4.78, 5) is 21.3. The van der Waals surface area contributed by atoms with E-state index in [-0.39, 0.29) is 0 Å². The molecule has 28 heavy (non-hydrogen) atoms. The molecule has 0 bridgehead atoms. The van der Waals surface area contributed by atoms with Gasteiger partial charge in [0.2, 0.25) is 5.95 Å². The first kappa shape index (κ1) is 18.5. The summed E-state index contributed by atoms with van der Waals surface area (Å²) in [7, 11) is 2.97. The van der Waals surface area contributed by atoms with Crippen LogP contribution in [-0.2, 0) is 4.74 Å². The molecule has 148 valence electrons. The molecule has 0 spiro atoms. The summed E-state index contributed by atoms with van der Waals surface area (Å²) < 4.78 is 10.3. The molecule has 2 N–H and O–H groups in total. The Labute approximate surface area is 164 Å². The normalized spacial score (nSPS) is 16.6. The third-order valence-corrected chi connectivity index (χ3v) is 5.31. The number of benzene rings is 1. The fraction of sp³-hybridized carbons (Fsp3) is 0.476. The van der Waals surface area contributed by atoms with Gasteiger partial charge in [-0.3, -0.25) is 0 Å². The van der Waals surface area contributed by atoms with Crippen molar-refractivity contribution in [2.24, 2.45) is 0 Å². The van der Waals surface area contributed by atoms with Crippen LogP contribution in [0.4, 0.5) is 17.5 Å². The van der Waals surface area contributed by atoms with Crippen molar-refractivity contribution in [3.8, 4) is 5.75 Å². The van der Waals surface area contributed by atoms with E-state index in [1.54, 1.807) is 25.3 Å². The Bertz CT molecular complexity index is 861. The zero-order valence-electron chi connectivity index (χ0n) is 16.3. The van der Waals surface area contributed by atoms with Crippen molar-refractivity contribution >= 4 is 23.4 Å². The van der Waals surface area contributed by atoms with Gasteiger partial charge in [-0.25, -0.2) is 9.78 Å². The van der Waals surface area contributed by atoms with E-state index in [0.717, 1.165) is 18.5 Å². The van der Waals surface area contributed by atoms with Gasteiger partial charge in [-0.15, -0.1) is 0 Å². The number of carbonyl (C=O) groups excluding carboxylic acids is 1. The van der Waals surface area contributed by atoms with E-state index >= 15 is 0 Å². The second kappa shape index (κ2) is 8.04. The minimum atomic E-state index is -0.393. The highest BCUT2D eigenvalue weighted by molar-refractivity contribution is 5.91. The Morgan fingerprint density at radius 3 is 2.54 bits per heavy atom. The number of nitrogens with one attached hydrogen (secondary N) is 2. The molecule has 1 heterocycles. The lowest BCUT2D eigenvalue weighted by molar-refractivity contribution is 0.0600. The van der Waals surface area contributed by atoms with Crippen LogP contribution in [0, 0.1) is 0 Å². The molecule has 0 unspecified atom stereocenters. The molecule has 2 aromatic rings. The Kier molecular flexibility index (Phi) is 5.32. The van der Waals surface area contributed by atoms with Crippen LogP contribution in [0.15, 0.2) is 24.3 Å². The molecular formula is C21H26N4O3. The van der Waals surface area contributed by atoms with Crippen LogP contribution in [0.25, 0.3) is 0 Å². The molecule has 2 aliphatic carbocycles. The number of hydrogen-bond acceptors (Lipinski definition) is 7. The van der Waals surface area contributed by atoms with Gasteiger partial charge in [-0.1, -0.05) is 12.8 Å². The van der Waals surface area contributed by atoms with Crippen molar-refractivity contribution in [3.05, 3.63) is 35.5 Å². The smallest absolute Gasteiger partial charge is 0.337 e. The van der Waals surface area contributed by atoms with Gasteiger partial charge < -0.3 is 20.1 Å². The molecule has 2 aliphatic rings. The van der Waals surface area contributed by atoms with E-state index in [1.807, 2.05) is 6.07 Å². The quantitative estimate of drug-likeness (QED) is 0.693. The molecule has 0 saturated heterocycles. The molecule has 1 aromatic heterocycles. The second-order valence-electron chi connectivity index (χ2n) is 7.43. The van der Waals surface area contributed by atoms with Crippen molar-refractivity contribution < 1.29 is 14.3 Å². The van der Waals surface area contributed by atoms with Crippen LogP contribution in [0.5, 0.6) is 5.75 Å².